The van der Waals surface area contributed by atoms with Crippen molar-refractivity contribution in [2.24, 2.45) is 0 Å². The number of aromatic nitrogens is 4. The van der Waals surface area contributed by atoms with E-state index in [0.29, 0.717) is 24.5 Å². The molecule has 0 radical (unpaired) electrons. The van der Waals surface area contributed by atoms with Crippen LogP contribution in [0.25, 0.3) is 11.5 Å². The van der Waals surface area contributed by atoms with Gasteiger partial charge in [0.25, 0.3) is 5.91 Å². The molecule has 3 N–H and O–H groups in total. The highest BCUT2D eigenvalue weighted by Gasteiger charge is 2.29. The Balaban J connectivity index is 1.53. The number of hydrogen-bond donors (Lipinski definition) is 3. The smallest absolute Gasteiger partial charge is 0.271 e. The Morgan fingerprint density at radius 2 is 2.04 bits per heavy atom. The van der Waals surface area contributed by atoms with Crippen LogP contribution in [0, 0.1) is 0 Å². The van der Waals surface area contributed by atoms with Gasteiger partial charge in [-0.05, 0) is 37.3 Å². The number of rotatable bonds is 3. The molecule has 5 rings (SSSR count). The Kier molecular flexibility index (Phi) is 3.74. The van der Waals surface area contributed by atoms with Crippen LogP contribution >= 0.6 is 0 Å². The number of nitrogens with zero attached hydrogens (tertiary/aromatic N) is 2. The quantitative estimate of drug-likeness (QED) is 0.666. The highest BCUT2D eigenvalue weighted by atomic mass is 16.5. The molecule has 0 saturated carbocycles. The predicted octanol–water partition coefficient (Wildman–Crippen LogP) is 2.37. The van der Waals surface area contributed by atoms with Crippen LogP contribution in [0.3, 0.4) is 0 Å². The number of fused-ring (bicyclic) bond motifs is 2. The standard InChI is InChI=1S/C20H21N5O2/c1-27-16-8-3-2-5-12(16)11-9-15-18(20(26)21-10-11)23-19(22-15)17-13-6-4-7-14(13)24-25-17/h2-3,5,8,11H,4,6-7,9-10H2,1H3,(H,21,26)(H,22,23)(H,24,25)/t11-/m0/s1. The van der Waals surface area contributed by atoms with Crippen molar-refractivity contribution in [2.45, 2.75) is 31.6 Å². The molecular weight excluding hydrogens is 342 g/mol. The highest BCUT2D eigenvalue weighted by Crippen LogP contribution is 2.33. The summed E-state index contributed by atoms with van der Waals surface area (Å²) in [5.41, 5.74) is 5.67. The first-order valence-electron chi connectivity index (χ1n) is 9.31. The summed E-state index contributed by atoms with van der Waals surface area (Å²) in [6, 6.07) is 7.96. The number of aromatic amines is 2. The Hall–Kier alpha value is -3.09. The molecule has 0 unspecified atom stereocenters. The van der Waals surface area contributed by atoms with Gasteiger partial charge < -0.3 is 15.0 Å². The van der Waals surface area contributed by atoms with Crippen LogP contribution in [-0.4, -0.2) is 39.7 Å². The van der Waals surface area contributed by atoms with Crippen LogP contribution in [-0.2, 0) is 19.3 Å². The molecular formula is C20H21N5O2. The Labute approximate surface area is 156 Å². The van der Waals surface area contributed by atoms with Gasteiger partial charge in [-0.3, -0.25) is 9.89 Å². The SMILES string of the molecule is COc1ccccc1[C@@H]1CNC(=O)c2nc(-c3n[nH]c4c3CCC4)[nH]c2C1. The molecule has 1 amide bonds. The molecule has 0 bridgehead atoms. The van der Waals surface area contributed by atoms with Crippen molar-refractivity contribution >= 4 is 5.91 Å². The second-order valence-electron chi connectivity index (χ2n) is 7.15. The average molecular weight is 363 g/mol. The monoisotopic (exact) mass is 363 g/mol. The normalized spacial score (nSPS) is 18.6. The average Bonchev–Trinajstić information content (AvgIpc) is 3.38. The lowest BCUT2D eigenvalue weighted by molar-refractivity contribution is 0.0950. The molecule has 0 spiro atoms. The molecule has 27 heavy (non-hydrogen) atoms. The third-order valence-corrected chi connectivity index (χ3v) is 5.56. The molecule has 2 aliphatic rings. The fourth-order valence-electron chi connectivity index (χ4n) is 4.21. The van der Waals surface area contributed by atoms with Gasteiger partial charge in [-0.2, -0.15) is 5.10 Å². The fourth-order valence-corrected chi connectivity index (χ4v) is 4.21. The Bertz CT molecular complexity index is 1020. The van der Waals surface area contributed by atoms with Crippen LogP contribution < -0.4 is 10.1 Å². The fraction of sp³-hybridized carbons (Fsp3) is 0.350. The molecule has 3 aromatic rings. The van der Waals surface area contributed by atoms with Crippen molar-refractivity contribution in [1.29, 1.82) is 0 Å². The second kappa shape index (κ2) is 6.26. The van der Waals surface area contributed by atoms with Crippen molar-refractivity contribution in [3.63, 3.8) is 0 Å². The molecule has 0 fully saturated rings. The van der Waals surface area contributed by atoms with Crippen LogP contribution in [0.1, 0.15) is 45.3 Å². The Morgan fingerprint density at radius 1 is 1.15 bits per heavy atom. The van der Waals surface area contributed by atoms with E-state index < -0.39 is 0 Å². The van der Waals surface area contributed by atoms with E-state index in [0.717, 1.165) is 42.0 Å². The molecule has 138 valence electrons. The first kappa shape index (κ1) is 16.1. The van der Waals surface area contributed by atoms with Crippen LogP contribution in [0.5, 0.6) is 5.75 Å². The summed E-state index contributed by atoms with van der Waals surface area (Å²) in [4.78, 5) is 20.6. The van der Waals surface area contributed by atoms with Gasteiger partial charge >= 0.3 is 0 Å². The van der Waals surface area contributed by atoms with E-state index >= 15 is 0 Å². The first-order chi connectivity index (χ1) is 13.2. The van der Waals surface area contributed by atoms with Crippen LogP contribution in [0.2, 0.25) is 0 Å². The summed E-state index contributed by atoms with van der Waals surface area (Å²) in [6.07, 6.45) is 3.85. The lowest BCUT2D eigenvalue weighted by Gasteiger charge is -2.17. The molecule has 0 saturated heterocycles. The third kappa shape index (κ3) is 2.61. The molecule has 2 aromatic heterocycles. The number of benzene rings is 1. The zero-order chi connectivity index (χ0) is 18.4. The minimum absolute atomic E-state index is 0.115. The molecule has 7 heteroatoms. The van der Waals surface area contributed by atoms with Crippen LogP contribution in [0.4, 0.5) is 0 Å². The number of methoxy groups -OCH3 is 1. The number of carbonyl (C=O) groups is 1. The van der Waals surface area contributed by atoms with Gasteiger partial charge in [-0.15, -0.1) is 0 Å². The number of aryl methyl sites for hydroxylation is 1. The van der Waals surface area contributed by atoms with Gasteiger partial charge in [-0.1, -0.05) is 18.2 Å². The van der Waals surface area contributed by atoms with Crippen molar-refractivity contribution in [3.05, 3.63) is 52.5 Å². The van der Waals surface area contributed by atoms with Gasteiger partial charge in [-0.25, -0.2) is 4.98 Å². The molecule has 7 nitrogen and oxygen atoms in total. The van der Waals surface area contributed by atoms with Crippen molar-refractivity contribution in [3.8, 4) is 17.3 Å². The summed E-state index contributed by atoms with van der Waals surface area (Å²) in [5, 5.41) is 10.6. The maximum absolute atomic E-state index is 12.6. The number of amides is 1. The lowest BCUT2D eigenvalue weighted by atomic mass is 9.93. The highest BCUT2D eigenvalue weighted by molar-refractivity contribution is 5.94. The van der Waals surface area contributed by atoms with Gasteiger partial charge in [0.1, 0.15) is 17.1 Å². The maximum Gasteiger partial charge on any atom is 0.271 e. The summed E-state index contributed by atoms with van der Waals surface area (Å²) in [6.45, 7) is 0.552. The van der Waals surface area contributed by atoms with Crippen LogP contribution in [0.15, 0.2) is 24.3 Å². The van der Waals surface area contributed by atoms with E-state index in [4.69, 9.17) is 4.74 Å². The topological polar surface area (TPSA) is 95.7 Å². The van der Waals surface area contributed by atoms with E-state index in [1.54, 1.807) is 7.11 Å². The molecule has 1 aliphatic heterocycles. The van der Waals surface area contributed by atoms with Gasteiger partial charge in [0.15, 0.2) is 5.82 Å². The predicted molar refractivity (Wildman–Crippen MR) is 100.0 cm³/mol. The number of ether oxygens (including phenoxy) is 1. The number of para-hydroxylation sites is 1. The summed E-state index contributed by atoms with van der Waals surface area (Å²) in [7, 11) is 1.67. The van der Waals surface area contributed by atoms with Crippen molar-refractivity contribution in [1.82, 2.24) is 25.5 Å². The zero-order valence-corrected chi connectivity index (χ0v) is 15.1. The molecule has 3 heterocycles. The minimum atomic E-state index is -0.142. The number of imidazole rings is 1. The maximum atomic E-state index is 12.6. The summed E-state index contributed by atoms with van der Waals surface area (Å²) >= 11 is 0. The minimum Gasteiger partial charge on any atom is -0.496 e. The lowest BCUT2D eigenvalue weighted by Crippen LogP contribution is -2.26. The van der Waals surface area contributed by atoms with Gasteiger partial charge in [0.2, 0.25) is 0 Å². The summed E-state index contributed by atoms with van der Waals surface area (Å²) < 4.78 is 5.52. The molecule has 1 atom stereocenters. The van der Waals surface area contributed by atoms with E-state index in [1.807, 2.05) is 18.2 Å². The molecule has 1 aliphatic carbocycles. The van der Waals surface area contributed by atoms with Crippen molar-refractivity contribution < 1.29 is 9.53 Å². The number of nitrogens with one attached hydrogen (secondary N) is 3. The van der Waals surface area contributed by atoms with E-state index in [-0.39, 0.29) is 11.8 Å². The van der Waals surface area contributed by atoms with Gasteiger partial charge in [0, 0.05) is 29.4 Å². The number of hydrogen-bond acceptors (Lipinski definition) is 4. The van der Waals surface area contributed by atoms with Gasteiger partial charge in [0.05, 0.1) is 7.11 Å². The third-order valence-electron chi connectivity index (χ3n) is 5.56. The van der Waals surface area contributed by atoms with E-state index in [9.17, 15) is 4.79 Å². The molecule has 1 aromatic carbocycles. The second-order valence-corrected chi connectivity index (χ2v) is 7.15. The first-order valence-corrected chi connectivity index (χ1v) is 9.31. The largest absolute Gasteiger partial charge is 0.496 e. The Morgan fingerprint density at radius 3 is 2.93 bits per heavy atom. The van der Waals surface area contributed by atoms with E-state index in [1.165, 1.54) is 11.3 Å². The number of H-pyrrole nitrogens is 2. The zero-order valence-electron chi connectivity index (χ0n) is 15.1. The van der Waals surface area contributed by atoms with Crippen molar-refractivity contribution in [2.75, 3.05) is 13.7 Å². The number of carbonyl (C=O) groups excluding carboxylic acids is 1. The summed E-state index contributed by atoms with van der Waals surface area (Å²) in [5.74, 6) is 1.49. The van der Waals surface area contributed by atoms with E-state index in [2.05, 4.69) is 31.5 Å².